The molecule has 0 aliphatic heterocycles. The molecule has 0 unspecified atom stereocenters. The molecule has 1 aliphatic carbocycles. The monoisotopic (exact) mass is 379 g/mol. The molecule has 1 aliphatic rings. The first-order valence-corrected chi connectivity index (χ1v) is 5.98. The van der Waals surface area contributed by atoms with E-state index in [1.54, 1.807) is 0 Å². The molecule has 3 rings (SSSR count). The van der Waals surface area contributed by atoms with Gasteiger partial charge in [-0.2, -0.15) is 12.1 Å². The van der Waals surface area contributed by atoms with E-state index in [4.69, 9.17) is 0 Å². The molecule has 2 aromatic rings. The summed E-state index contributed by atoms with van der Waals surface area (Å²) in [4.78, 5) is 0. The van der Waals surface area contributed by atoms with Gasteiger partial charge in [-0.3, -0.25) is 0 Å². The molecule has 0 saturated heterocycles. The molecule has 20 heavy (non-hydrogen) atoms. The Labute approximate surface area is 151 Å². The van der Waals surface area contributed by atoms with Crippen LogP contribution in [0.3, 0.4) is 0 Å². The summed E-state index contributed by atoms with van der Waals surface area (Å²) in [6.45, 7) is 4.36. The zero-order valence-electron chi connectivity index (χ0n) is 11.5. The van der Waals surface area contributed by atoms with Crippen molar-refractivity contribution >= 4 is 11.6 Å². The molecule has 0 N–H and O–H groups in total. The topological polar surface area (TPSA) is 0 Å². The predicted octanol–water partition coefficient (Wildman–Crippen LogP) is -3.26. The van der Waals surface area contributed by atoms with E-state index in [0.717, 1.165) is 0 Å². The molecule has 0 spiro atoms. The van der Waals surface area contributed by atoms with Crippen LogP contribution in [-0.4, -0.2) is 0 Å². The van der Waals surface area contributed by atoms with Crippen molar-refractivity contribution in [1.29, 1.82) is 0 Å². The molecule has 3 heteroatoms. The molecule has 0 aromatic heterocycles. The average molecular weight is 381 g/mol. The van der Waals surface area contributed by atoms with Crippen LogP contribution >= 0.6 is 0 Å². The number of halogens is 2. The van der Waals surface area contributed by atoms with Crippen LogP contribution in [0.1, 0.15) is 19.4 Å². The summed E-state index contributed by atoms with van der Waals surface area (Å²) >= 11 is 0. The van der Waals surface area contributed by atoms with E-state index in [1.165, 1.54) is 32.7 Å². The third-order valence-corrected chi connectivity index (χ3v) is 3.29. The van der Waals surface area contributed by atoms with Crippen LogP contribution in [0, 0.1) is 0 Å². The Balaban J connectivity index is 0.00000120. The number of hydrogen-bond acceptors (Lipinski definition) is 0. The Hall–Kier alpha value is -0.487. The Morgan fingerprint density at radius 2 is 1.50 bits per heavy atom. The molecule has 0 bridgehead atoms. The van der Waals surface area contributed by atoms with E-state index in [9.17, 15) is 0 Å². The van der Waals surface area contributed by atoms with Gasteiger partial charge in [-0.15, -0.1) is 23.3 Å². The van der Waals surface area contributed by atoms with Crippen LogP contribution < -0.4 is 35.3 Å². The van der Waals surface area contributed by atoms with Gasteiger partial charge in [0.25, 0.3) is 0 Å². The van der Waals surface area contributed by atoms with Gasteiger partial charge in [0, 0.05) is 0 Å². The first-order chi connectivity index (χ1) is 8.27. The van der Waals surface area contributed by atoms with Gasteiger partial charge in [-0.05, 0) is 0 Å². The Bertz CT molecular complexity index is 706. The third kappa shape index (κ3) is 3.39. The van der Waals surface area contributed by atoms with Crippen LogP contribution in [0.2, 0.25) is 0 Å². The maximum absolute atomic E-state index is 2.30. The van der Waals surface area contributed by atoms with Gasteiger partial charge in [-0.25, -0.2) is 0 Å². The SMILES string of the molecule is CC(C)=C1C=c2ccccc2=C1[c-]1cccc1.[Cl-].[Cl-].[Zr+3]. The van der Waals surface area contributed by atoms with Gasteiger partial charge in [-0.1, -0.05) is 65.8 Å². The second-order valence-electron chi connectivity index (χ2n) is 4.69. The number of benzene rings is 1. The van der Waals surface area contributed by atoms with Crippen molar-refractivity contribution in [2.24, 2.45) is 0 Å². The summed E-state index contributed by atoms with van der Waals surface area (Å²) in [5.41, 5.74) is 5.45. The minimum Gasteiger partial charge on any atom is -1.00 e. The van der Waals surface area contributed by atoms with Gasteiger partial charge >= 0.3 is 26.2 Å². The first kappa shape index (κ1) is 19.5. The summed E-state index contributed by atoms with van der Waals surface area (Å²) in [6.07, 6.45) is 2.30. The zero-order chi connectivity index (χ0) is 11.8. The van der Waals surface area contributed by atoms with Gasteiger partial charge in [0.15, 0.2) is 0 Å². The van der Waals surface area contributed by atoms with Crippen LogP contribution in [0.25, 0.3) is 11.6 Å². The van der Waals surface area contributed by atoms with Crippen molar-refractivity contribution in [3.05, 3.63) is 75.7 Å². The van der Waals surface area contributed by atoms with Crippen molar-refractivity contribution in [2.75, 3.05) is 0 Å². The third-order valence-electron chi connectivity index (χ3n) is 3.29. The van der Waals surface area contributed by atoms with Crippen molar-refractivity contribution in [3.8, 4) is 0 Å². The molecule has 0 amide bonds. The molecule has 0 saturated carbocycles. The van der Waals surface area contributed by atoms with E-state index in [1.807, 2.05) is 0 Å². The number of hydrogen-bond donors (Lipinski definition) is 0. The Morgan fingerprint density at radius 1 is 0.900 bits per heavy atom. The van der Waals surface area contributed by atoms with Crippen LogP contribution in [-0.2, 0) is 26.2 Å². The van der Waals surface area contributed by atoms with Gasteiger partial charge < -0.3 is 24.8 Å². The second-order valence-corrected chi connectivity index (χ2v) is 4.69. The summed E-state index contributed by atoms with van der Waals surface area (Å²) in [5, 5.41) is 2.69. The van der Waals surface area contributed by atoms with Crippen LogP contribution in [0.15, 0.2) is 59.7 Å². The van der Waals surface area contributed by atoms with E-state index < -0.39 is 0 Å². The van der Waals surface area contributed by atoms with Crippen molar-refractivity contribution in [1.82, 2.24) is 0 Å². The quantitative estimate of drug-likeness (QED) is 0.455. The van der Waals surface area contributed by atoms with Crippen molar-refractivity contribution < 1.29 is 51.0 Å². The Kier molecular flexibility index (Phi) is 7.88. The molecule has 1 radical (unpaired) electrons. The number of fused-ring (bicyclic) bond motifs is 1. The second kappa shape index (κ2) is 8.08. The molecule has 2 aromatic carbocycles. The van der Waals surface area contributed by atoms with Gasteiger partial charge in [0.2, 0.25) is 0 Å². The average Bonchev–Trinajstić information content (AvgIpc) is 2.94. The van der Waals surface area contributed by atoms with Crippen LogP contribution in [0.4, 0.5) is 0 Å². The molecular weight excluding hydrogens is 366 g/mol. The van der Waals surface area contributed by atoms with E-state index >= 15 is 0 Å². The summed E-state index contributed by atoms with van der Waals surface area (Å²) in [5.74, 6) is 0. The summed E-state index contributed by atoms with van der Waals surface area (Å²) in [7, 11) is 0. The first-order valence-electron chi connectivity index (χ1n) is 5.98. The maximum atomic E-state index is 2.30. The molecular formula is C17H15Cl2Zr. The van der Waals surface area contributed by atoms with Crippen LogP contribution in [0.5, 0.6) is 0 Å². The molecule has 0 heterocycles. The predicted molar refractivity (Wildman–Crippen MR) is 73.1 cm³/mol. The molecule has 0 fully saturated rings. The number of rotatable bonds is 1. The number of allylic oxidation sites excluding steroid dienone is 2. The summed E-state index contributed by atoms with van der Waals surface area (Å²) < 4.78 is 0. The van der Waals surface area contributed by atoms with E-state index in [0.29, 0.717) is 0 Å². The van der Waals surface area contributed by atoms with E-state index in [-0.39, 0.29) is 51.0 Å². The van der Waals surface area contributed by atoms with Gasteiger partial charge in [0.05, 0.1) is 0 Å². The minimum absolute atomic E-state index is 0. The summed E-state index contributed by atoms with van der Waals surface area (Å²) in [6, 6.07) is 17.2. The Morgan fingerprint density at radius 3 is 2.10 bits per heavy atom. The largest absolute Gasteiger partial charge is 3.00 e. The minimum atomic E-state index is 0. The fraction of sp³-hybridized carbons (Fsp3) is 0.118. The standard InChI is InChI=1S/C17H15.2ClH.Zr/c1-12(2)16-11-14-9-5-6-10-15(14)17(16)13-7-3-4-8-13;;;/h3-11H,1-2H3;2*1H;/q-1;;;+3/p-2. The zero-order valence-corrected chi connectivity index (χ0v) is 15.4. The molecule has 0 atom stereocenters. The van der Waals surface area contributed by atoms with E-state index in [2.05, 4.69) is 68.5 Å². The van der Waals surface area contributed by atoms with Crippen molar-refractivity contribution in [3.63, 3.8) is 0 Å². The van der Waals surface area contributed by atoms with Crippen molar-refractivity contribution in [2.45, 2.75) is 13.8 Å². The smallest absolute Gasteiger partial charge is 1.00 e. The molecule has 101 valence electrons. The van der Waals surface area contributed by atoms with Gasteiger partial charge in [0.1, 0.15) is 0 Å². The molecule has 0 nitrogen and oxygen atoms in total. The fourth-order valence-corrected chi connectivity index (χ4v) is 2.47. The maximum Gasteiger partial charge on any atom is 3.00 e. The fourth-order valence-electron chi connectivity index (χ4n) is 2.47. The normalized spacial score (nSPS) is 11.5.